The number of methoxy groups -OCH3 is 3. The molecule has 0 spiro atoms. The average molecular weight is 293 g/mol. The molecule has 1 aromatic rings. The van der Waals surface area contributed by atoms with Crippen molar-refractivity contribution in [1.29, 1.82) is 0 Å². The number of nitrogens with zero attached hydrogens (tertiary/aromatic N) is 1. The Morgan fingerprint density at radius 3 is 2.71 bits per heavy atom. The van der Waals surface area contributed by atoms with E-state index in [-0.39, 0.29) is 5.91 Å². The number of amides is 1. The summed E-state index contributed by atoms with van der Waals surface area (Å²) in [6.45, 7) is 2.05. The Kier molecular flexibility index (Phi) is 5.44. The minimum atomic E-state index is 0.213. The van der Waals surface area contributed by atoms with Gasteiger partial charge in [-0.05, 0) is 24.0 Å². The first-order chi connectivity index (χ1) is 10.2. The lowest BCUT2D eigenvalue weighted by Gasteiger charge is -2.17. The van der Waals surface area contributed by atoms with Crippen molar-refractivity contribution in [3.63, 3.8) is 0 Å². The van der Waals surface area contributed by atoms with Gasteiger partial charge in [-0.25, -0.2) is 0 Å². The van der Waals surface area contributed by atoms with Crippen LogP contribution in [0.4, 0.5) is 0 Å². The molecule has 5 heteroatoms. The summed E-state index contributed by atoms with van der Waals surface area (Å²) in [6.07, 6.45) is 1.43. The lowest BCUT2D eigenvalue weighted by atomic mass is 9.97. The molecule has 1 atom stereocenters. The monoisotopic (exact) mass is 293 g/mol. The first-order valence-corrected chi connectivity index (χ1v) is 7.15. The molecule has 1 saturated heterocycles. The summed E-state index contributed by atoms with van der Waals surface area (Å²) < 4.78 is 15.7. The lowest BCUT2D eigenvalue weighted by molar-refractivity contribution is -0.128. The van der Waals surface area contributed by atoms with Gasteiger partial charge in [0.2, 0.25) is 5.91 Å². The molecule has 21 heavy (non-hydrogen) atoms. The predicted molar refractivity (Wildman–Crippen MR) is 79.8 cm³/mol. The van der Waals surface area contributed by atoms with Gasteiger partial charge in [-0.1, -0.05) is 6.07 Å². The summed E-state index contributed by atoms with van der Waals surface area (Å²) in [7, 11) is 4.95. The molecule has 5 nitrogen and oxygen atoms in total. The highest BCUT2D eigenvalue weighted by molar-refractivity contribution is 5.78. The molecular weight excluding hydrogens is 270 g/mol. The van der Waals surface area contributed by atoms with E-state index in [4.69, 9.17) is 14.2 Å². The van der Waals surface area contributed by atoms with Crippen LogP contribution in [0.2, 0.25) is 0 Å². The third-order valence-electron chi connectivity index (χ3n) is 3.86. The van der Waals surface area contributed by atoms with E-state index in [9.17, 15) is 4.79 Å². The third-order valence-corrected chi connectivity index (χ3v) is 3.86. The molecule has 1 aromatic carbocycles. The average Bonchev–Trinajstić information content (AvgIpc) is 2.85. The third kappa shape index (κ3) is 3.88. The number of carbonyl (C=O) groups is 1. The minimum absolute atomic E-state index is 0.213. The van der Waals surface area contributed by atoms with Crippen molar-refractivity contribution in [2.45, 2.75) is 12.8 Å². The number of hydrogen-bond acceptors (Lipinski definition) is 4. The molecule has 0 aliphatic carbocycles. The zero-order valence-electron chi connectivity index (χ0n) is 12.9. The Morgan fingerprint density at radius 2 is 2.05 bits per heavy atom. The van der Waals surface area contributed by atoms with Crippen molar-refractivity contribution in [1.82, 2.24) is 4.90 Å². The molecule has 0 aromatic heterocycles. The van der Waals surface area contributed by atoms with Crippen LogP contribution >= 0.6 is 0 Å². The predicted octanol–water partition coefficient (Wildman–Crippen LogP) is 1.74. The SMILES string of the molecule is COCCN1CC(Cc2ccc(OC)cc2OC)CC1=O. The van der Waals surface area contributed by atoms with Gasteiger partial charge in [-0.2, -0.15) is 0 Å². The second-order valence-electron chi connectivity index (χ2n) is 5.28. The standard InChI is InChI=1S/C16H23NO4/c1-19-7-6-17-11-12(9-16(17)18)8-13-4-5-14(20-2)10-15(13)21-3/h4-5,10,12H,6-9,11H2,1-3H3. The van der Waals surface area contributed by atoms with Crippen LogP contribution in [0.5, 0.6) is 11.5 Å². The van der Waals surface area contributed by atoms with E-state index < -0.39 is 0 Å². The zero-order chi connectivity index (χ0) is 15.2. The van der Waals surface area contributed by atoms with Gasteiger partial charge >= 0.3 is 0 Å². The van der Waals surface area contributed by atoms with E-state index in [1.807, 2.05) is 23.1 Å². The first-order valence-electron chi connectivity index (χ1n) is 7.15. The Balaban J connectivity index is 2.01. The van der Waals surface area contributed by atoms with Crippen molar-refractivity contribution < 1.29 is 19.0 Å². The van der Waals surface area contributed by atoms with E-state index >= 15 is 0 Å². The second kappa shape index (κ2) is 7.31. The molecule has 1 aliphatic heterocycles. The van der Waals surface area contributed by atoms with Crippen LogP contribution < -0.4 is 9.47 Å². The van der Waals surface area contributed by atoms with Crippen LogP contribution in [0.25, 0.3) is 0 Å². The Hall–Kier alpha value is -1.75. The topological polar surface area (TPSA) is 48.0 Å². The number of likely N-dealkylation sites (tertiary alicyclic amines) is 1. The highest BCUT2D eigenvalue weighted by Crippen LogP contribution is 2.29. The molecule has 0 N–H and O–H groups in total. The number of rotatable bonds is 7. The summed E-state index contributed by atoms with van der Waals surface area (Å²) in [5.74, 6) is 2.14. The van der Waals surface area contributed by atoms with Gasteiger partial charge in [0.15, 0.2) is 0 Å². The maximum absolute atomic E-state index is 12.0. The largest absolute Gasteiger partial charge is 0.497 e. The maximum atomic E-state index is 12.0. The van der Waals surface area contributed by atoms with E-state index in [0.29, 0.717) is 25.5 Å². The fourth-order valence-corrected chi connectivity index (χ4v) is 2.74. The number of carbonyl (C=O) groups excluding carboxylic acids is 1. The van der Waals surface area contributed by atoms with Crippen molar-refractivity contribution in [3.8, 4) is 11.5 Å². The van der Waals surface area contributed by atoms with Gasteiger partial charge in [-0.3, -0.25) is 4.79 Å². The van der Waals surface area contributed by atoms with Gasteiger partial charge in [0, 0.05) is 32.7 Å². The van der Waals surface area contributed by atoms with Crippen molar-refractivity contribution in [3.05, 3.63) is 23.8 Å². The van der Waals surface area contributed by atoms with E-state index in [2.05, 4.69) is 0 Å². The highest BCUT2D eigenvalue weighted by Gasteiger charge is 2.29. The zero-order valence-corrected chi connectivity index (χ0v) is 12.9. The van der Waals surface area contributed by atoms with Crippen LogP contribution in [-0.4, -0.2) is 51.8 Å². The number of benzene rings is 1. The molecule has 1 aliphatic rings. The Morgan fingerprint density at radius 1 is 1.24 bits per heavy atom. The Labute approximate surface area is 125 Å². The molecule has 1 unspecified atom stereocenters. The highest BCUT2D eigenvalue weighted by atomic mass is 16.5. The van der Waals surface area contributed by atoms with Crippen LogP contribution in [0.3, 0.4) is 0 Å². The van der Waals surface area contributed by atoms with Gasteiger partial charge < -0.3 is 19.1 Å². The van der Waals surface area contributed by atoms with Gasteiger partial charge in [0.1, 0.15) is 11.5 Å². The molecule has 0 saturated carbocycles. The van der Waals surface area contributed by atoms with Crippen molar-refractivity contribution in [2.75, 3.05) is 41.0 Å². The summed E-state index contributed by atoms with van der Waals surface area (Å²) in [5.41, 5.74) is 1.12. The van der Waals surface area contributed by atoms with E-state index in [0.717, 1.165) is 30.0 Å². The maximum Gasteiger partial charge on any atom is 0.223 e. The molecule has 0 bridgehead atoms. The smallest absolute Gasteiger partial charge is 0.223 e. The van der Waals surface area contributed by atoms with Crippen LogP contribution in [0.1, 0.15) is 12.0 Å². The van der Waals surface area contributed by atoms with Crippen molar-refractivity contribution in [2.24, 2.45) is 5.92 Å². The summed E-state index contributed by atoms with van der Waals surface area (Å²) in [6, 6.07) is 5.83. The lowest BCUT2D eigenvalue weighted by Crippen LogP contribution is -2.28. The van der Waals surface area contributed by atoms with Crippen LogP contribution in [-0.2, 0) is 16.0 Å². The normalized spacial score (nSPS) is 18.1. The van der Waals surface area contributed by atoms with Gasteiger partial charge in [0.05, 0.1) is 20.8 Å². The molecule has 116 valence electrons. The molecule has 2 rings (SSSR count). The van der Waals surface area contributed by atoms with Gasteiger partial charge in [-0.15, -0.1) is 0 Å². The van der Waals surface area contributed by atoms with Crippen LogP contribution in [0, 0.1) is 5.92 Å². The molecule has 1 fully saturated rings. The van der Waals surface area contributed by atoms with Crippen LogP contribution in [0.15, 0.2) is 18.2 Å². The Bertz CT molecular complexity index is 489. The molecule has 0 radical (unpaired) electrons. The summed E-state index contributed by atoms with van der Waals surface area (Å²) in [4.78, 5) is 13.8. The fourth-order valence-electron chi connectivity index (χ4n) is 2.74. The summed E-state index contributed by atoms with van der Waals surface area (Å²) in [5, 5.41) is 0. The van der Waals surface area contributed by atoms with Crippen molar-refractivity contribution >= 4 is 5.91 Å². The minimum Gasteiger partial charge on any atom is -0.497 e. The quantitative estimate of drug-likeness (QED) is 0.768. The second-order valence-corrected chi connectivity index (χ2v) is 5.28. The number of ether oxygens (including phenoxy) is 3. The molecule has 1 heterocycles. The first kappa shape index (κ1) is 15.6. The van der Waals surface area contributed by atoms with E-state index in [1.54, 1.807) is 21.3 Å². The molecule has 1 amide bonds. The van der Waals surface area contributed by atoms with E-state index in [1.165, 1.54) is 0 Å². The molecular formula is C16H23NO4. The summed E-state index contributed by atoms with van der Waals surface area (Å²) >= 11 is 0. The number of hydrogen-bond donors (Lipinski definition) is 0. The van der Waals surface area contributed by atoms with Gasteiger partial charge in [0.25, 0.3) is 0 Å². The fraction of sp³-hybridized carbons (Fsp3) is 0.562.